The Morgan fingerprint density at radius 1 is 1.04 bits per heavy atom. The summed E-state index contributed by atoms with van der Waals surface area (Å²) in [7, 11) is 6.87. The third-order valence-electron chi connectivity index (χ3n) is 14.2. The van der Waals surface area contributed by atoms with Gasteiger partial charge < -0.3 is 29.3 Å². The van der Waals surface area contributed by atoms with Gasteiger partial charge in [-0.15, -0.1) is 0 Å². The summed E-state index contributed by atoms with van der Waals surface area (Å²) >= 11 is 0. The zero-order valence-electron chi connectivity index (χ0n) is 31.7. The molecule has 10 heteroatoms. The number of rotatable bonds is 5. The number of aromatic nitrogens is 2. The predicted molar refractivity (Wildman–Crippen MR) is 203 cm³/mol. The fraction of sp³-hybridized carbons (Fsp3) is 0.535. The monoisotopic (exact) mass is 720 g/mol. The summed E-state index contributed by atoms with van der Waals surface area (Å²) in [5.41, 5.74) is 7.90. The molecule has 1 saturated carbocycles. The molecule has 0 radical (unpaired) electrons. The number of carbonyl (C=O) groups excluding carboxylic acids is 2. The van der Waals surface area contributed by atoms with Gasteiger partial charge in [0, 0.05) is 82.3 Å². The first-order valence-corrected chi connectivity index (χ1v) is 19.4. The van der Waals surface area contributed by atoms with E-state index in [0.717, 1.165) is 77.2 Å². The van der Waals surface area contributed by atoms with Gasteiger partial charge in [0.25, 0.3) is 0 Å². The third kappa shape index (κ3) is 4.94. The highest BCUT2D eigenvalue weighted by Crippen LogP contribution is 2.56. The van der Waals surface area contributed by atoms with Crippen molar-refractivity contribution in [2.45, 2.75) is 75.5 Å². The average molecular weight is 721 g/mol. The normalized spacial score (nSPS) is 33.5. The van der Waals surface area contributed by atoms with E-state index >= 15 is 0 Å². The van der Waals surface area contributed by atoms with E-state index < -0.39 is 11.5 Å². The van der Waals surface area contributed by atoms with Crippen molar-refractivity contribution in [1.29, 1.82) is 0 Å². The number of aromatic amines is 2. The highest BCUT2D eigenvalue weighted by molar-refractivity contribution is 5.93. The second-order valence-corrected chi connectivity index (χ2v) is 16.5. The standard InChI is InChI=1S/C43H52N4O6/c1-7-24-21-46(3)35-17-32-25-10-8-9-11-33(25)44-38(32)31(15-28(24)37(35)41(49)52-5)30-16-34-29(18-36(30)51-4)26-12-13-47-20-23-14-27(22(2)48)40(47)43(19-23,39(26)45-34)42(50)53-6/h7-11,16,18,22-23,27-28,31,35,37,40,44-45,48H,12-15,17,19-21H2,1-6H3/b24-7-/t22-,23+,27-,28?,31-,35-,37?,40+,43-/m1/s1. The van der Waals surface area contributed by atoms with Crippen LogP contribution in [0, 0.1) is 23.7 Å². The molecule has 0 spiro atoms. The number of benzene rings is 2. The van der Waals surface area contributed by atoms with E-state index in [-0.39, 0.29) is 47.7 Å². The highest BCUT2D eigenvalue weighted by Gasteiger charge is 2.64. The Hall–Kier alpha value is -4.12. The summed E-state index contributed by atoms with van der Waals surface area (Å²) in [6.45, 7) is 6.50. The summed E-state index contributed by atoms with van der Waals surface area (Å²) < 4.78 is 17.6. The van der Waals surface area contributed by atoms with Crippen LogP contribution in [0.1, 0.15) is 67.1 Å². The molecule has 6 aliphatic rings. The number of likely N-dealkylation sites (N-methyl/N-ethyl adjacent to an activating group) is 1. The third-order valence-corrected chi connectivity index (χ3v) is 14.2. The lowest BCUT2D eigenvalue weighted by atomic mass is 9.56. The molecule has 6 bridgehead atoms. The topological polar surface area (TPSA) is 120 Å². The van der Waals surface area contributed by atoms with E-state index in [1.807, 2.05) is 6.92 Å². The number of esters is 2. The maximum Gasteiger partial charge on any atom is 0.319 e. The van der Waals surface area contributed by atoms with Gasteiger partial charge in [0.15, 0.2) is 0 Å². The minimum Gasteiger partial charge on any atom is -0.496 e. The molecular weight excluding hydrogens is 668 g/mol. The molecule has 2 aliphatic carbocycles. The minimum absolute atomic E-state index is 0.0103. The summed E-state index contributed by atoms with van der Waals surface area (Å²) in [4.78, 5) is 40.5. The van der Waals surface area contributed by atoms with Crippen molar-refractivity contribution in [1.82, 2.24) is 19.8 Å². The number of nitrogens with one attached hydrogen (secondary N) is 2. The van der Waals surface area contributed by atoms with Gasteiger partial charge in [0.05, 0.1) is 33.4 Å². The molecule has 3 N–H and O–H groups in total. The van der Waals surface area contributed by atoms with Gasteiger partial charge in [-0.05, 0) is 94.2 Å². The van der Waals surface area contributed by atoms with Crippen molar-refractivity contribution >= 4 is 33.7 Å². The lowest BCUT2D eigenvalue weighted by molar-refractivity contribution is -0.166. The van der Waals surface area contributed by atoms with Gasteiger partial charge in [0.2, 0.25) is 0 Å². The highest BCUT2D eigenvalue weighted by atomic mass is 16.5. The SMILES string of the molecule is C/C=C1/CN(C)[C@@H]2Cc3c([nH]c4ccccc34)[C@@H](c3cc4[nH]c5c(c4cc3OC)CCN3C[C@H]4C[C@H]([C@@H](C)O)[C@H]3[C@@]5(C(=O)OC)C4)CC1C2C(=O)OC. The number of piperidine rings is 3. The molecule has 0 amide bonds. The van der Waals surface area contributed by atoms with Crippen molar-refractivity contribution in [3.8, 4) is 5.75 Å². The van der Waals surface area contributed by atoms with Crippen LogP contribution >= 0.6 is 0 Å². The van der Waals surface area contributed by atoms with Crippen LogP contribution in [0.2, 0.25) is 0 Å². The van der Waals surface area contributed by atoms with Crippen LogP contribution in [0.4, 0.5) is 0 Å². The van der Waals surface area contributed by atoms with E-state index in [1.165, 1.54) is 30.7 Å². The quantitative estimate of drug-likeness (QED) is 0.184. The fourth-order valence-electron chi connectivity index (χ4n) is 12.0. The number of aliphatic hydroxyl groups is 1. The average Bonchev–Trinajstić information content (AvgIpc) is 3.69. The van der Waals surface area contributed by atoms with E-state index in [0.29, 0.717) is 25.2 Å². The zero-order valence-corrected chi connectivity index (χ0v) is 31.7. The van der Waals surface area contributed by atoms with Crippen LogP contribution in [0.3, 0.4) is 0 Å². The van der Waals surface area contributed by atoms with Crippen molar-refractivity contribution in [2.75, 3.05) is 48.0 Å². The molecule has 2 aromatic carbocycles. The molecule has 10 rings (SSSR count). The number of hydrogen-bond donors (Lipinski definition) is 3. The Morgan fingerprint density at radius 2 is 1.85 bits per heavy atom. The predicted octanol–water partition coefficient (Wildman–Crippen LogP) is 5.46. The van der Waals surface area contributed by atoms with Crippen LogP contribution in [0.25, 0.3) is 21.8 Å². The number of carbonyl (C=O) groups is 2. The number of fused-ring (bicyclic) bond motifs is 9. The lowest BCUT2D eigenvalue weighted by Crippen LogP contribution is -2.68. The molecule has 280 valence electrons. The van der Waals surface area contributed by atoms with E-state index in [9.17, 15) is 14.7 Å². The van der Waals surface area contributed by atoms with Crippen LogP contribution in [-0.4, -0.2) is 103 Å². The Balaban J connectivity index is 1.26. The summed E-state index contributed by atoms with van der Waals surface area (Å²) in [5.74, 6) is 0.199. The number of aliphatic hydroxyl groups excluding tert-OH is 1. The van der Waals surface area contributed by atoms with Crippen molar-refractivity contribution in [3.63, 3.8) is 0 Å². The van der Waals surface area contributed by atoms with E-state index in [4.69, 9.17) is 14.2 Å². The van der Waals surface area contributed by atoms with Crippen LogP contribution in [0.15, 0.2) is 48.0 Å². The molecule has 4 fully saturated rings. The number of hydrogen-bond acceptors (Lipinski definition) is 8. The van der Waals surface area contributed by atoms with Crippen molar-refractivity contribution in [3.05, 3.63) is 76.1 Å². The largest absolute Gasteiger partial charge is 0.496 e. The number of allylic oxidation sites excluding steroid dienone is 1. The second kappa shape index (κ2) is 12.7. The molecule has 6 heterocycles. The van der Waals surface area contributed by atoms with Crippen LogP contribution < -0.4 is 4.74 Å². The minimum atomic E-state index is -0.905. The first-order valence-electron chi connectivity index (χ1n) is 19.4. The molecule has 4 aromatic rings. The number of methoxy groups -OCH3 is 3. The second-order valence-electron chi connectivity index (χ2n) is 16.5. The van der Waals surface area contributed by atoms with E-state index in [1.54, 1.807) is 7.11 Å². The van der Waals surface area contributed by atoms with Gasteiger partial charge in [-0.25, -0.2) is 0 Å². The maximum absolute atomic E-state index is 14.2. The van der Waals surface area contributed by atoms with Crippen molar-refractivity contribution in [2.24, 2.45) is 23.7 Å². The molecule has 2 aromatic heterocycles. The van der Waals surface area contributed by atoms with Crippen LogP contribution in [-0.2, 0) is 37.3 Å². The molecule has 4 aliphatic heterocycles. The smallest absolute Gasteiger partial charge is 0.319 e. The number of likely N-dealkylation sites (tertiary alicyclic amines) is 1. The number of nitrogens with zero attached hydrogens (tertiary/aromatic N) is 2. The summed E-state index contributed by atoms with van der Waals surface area (Å²) in [6.07, 6.45) is 5.47. The van der Waals surface area contributed by atoms with Gasteiger partial charge in [-0.1, -0.05) is 29.8 Å². The molecule has 10 nitrogen and oxygen atoms in total. The van der Waals surface area contributed by atoms with Gasteiger partial charge in [-0.3, -0.25) is 19.4 Å². The Kier molecular flexibility index (Phi) is 8.33. The fourth-order valence-corrected chi connectivity index (χ4v) is 12.0. The van der Waals surface area contributed by atoms with Crippen molar-refractivity contribution < 1.29 is 28.9 Å². The lowest BCUT2D eigenvalue weighted by Gasteiger charge is -2.58. The van der Waals surface area contributed by atoms with Gasteiger partial charge in [-0.2, -0.15) is 0 Å². The Labute approximate surface area is 310 Å². The molecule has 53 heavy (non-hydrogen) atoms. The van der Waals surface area contributed by atoms with E-state index in [2.05, 4.69) is 76.2 Å². The van der Waals surface area contributed by atoms with Gasteiger partial charge >= 0.3 is 11.9 Å². The van der Waals surface area contributed by atoms with Crippen LogP contribution in [0.5, 0.6) is 5.75 Å². The first kappa shape index (κ1) is 34.6. The Bertz CT molecular complexity index is 2150. The first-order chi connectivity index (χ1) is 25.6. The molecule has 3 saturated heterocycles. The van der Waals surface area contributed by atoms with Gasteiger partial charge in [0.1, 0.15) is 11.2 Å². The zero-order chi connectivity index (χ0) is 36.9. The Morgan fingerprint density at radius 3 is 2.58 bits per heavy atom. The molecular formula is C43H52N4O6. The summed E-state index contributed by atoms with van der Waals surface area (Å²) in [6, 6.07) is 12.7. The summed E-state index contributed by atoms with van der Waals surface area (Å²) in [5, 5.41) is 13.3. The maximum atomic E-state index is 14.2. The molecule has 3 unspecified atom stereocenters. The molecule has 10 atom stereocenters. The number of para-hydroxylation sites is 1. The number of ether oxygens (including phenoxy) is 3. The number of H-pyrrole nitrogens is 2.